The Hall–Kier alpha value is -1.10. The maximum atomic E-state index is 12.1. The number of nitrogens with one attached hydrogen (secondary N) is 2. The molecule has 0 aromatic carbocycles. The highest BCUT2D eigenvalue weighted by atomic mass is 16.2. The lowest BCUT2D eigenvalue weighted by atomic mass is 10.0. The topological polar surface area (TPSA) is 61.4 Å². The molecule has 0 radical (unpaired) electrons. The second kappa shape index (κ2) is 7.36. The summed E-state index contributed by atoms with van der Waals surface area (Å²) in [6.45, 7) is 9.66. The van der Waals surface area contributed by atoms with Gasteiger partial charge in [0.15, 0.2) is 0 Å². The molecule has 5 heteroatoms. The summed E-state index contributed by atoms with van der Waals surface area (Å²) in [5, 5.41) is 5.97. The third-order valence-corrected chi connectivity index (χ3v) is 2.63. The van der Waals surface area contributed by atoms with Crippen molar-refractivity contribution in [2.45, 2.75) is 52.7 Å². The molecular formula is C13H27N3O2. The van der Waals surface area contributed by atoms with Gasteiger partial charge in [0, 0.05) is 20.1 Å². The van der Waals surface area contributed by atoms with Crippen molar-refractivity contribution in [3.05, 3.63) is 0 Å². The molecule has 18 heavy (non-hydrogen) atoms. The first kappa shape index (κ1) is 16.9. The van der Waals surface area contributed by atoms with Gasteiger partial charge in [-0.3, -0.25) is 9.59 Å². The molecule has 0 unspecified atom stereocenters. The largest absolute Gasteiger partial charge is 0.347 e. The predicted molar refractivity (Wildman–Crippen MR) is 73.2 cm³/mol. The van der Waals surface area contributed by atoms with Crippen molar-refractivity contribution < 1.29 is 9.59 Å². The van der Waals surface area contributed by atoms with Crippen molar-refractivity contribution in [1.82, 2.24) is 15.5 Å². The van der Waals surface area contributed by atoms with Gasteiger partial charge in [-0.05, 0) is 12.8 Å². The summed E-state index contributed by atoms with van der Waals surface area (Å²) in [5.74, 6) is -0.0501. The molecule has 106 valence electrons. The van der Waals surface area contributed by atoms with Gasteiger partial charge in [0.05, 0.1) is 6.04 Å². The first-order valence-corrected chi connectivity index (χ1v) is 6.44. The quantitative estimate of drug-likeness (QED) is 0.732. The van der Waals surface area contributed by atoms with Crippen molar-refractivity contribution in [2.24, 2.45) is 5.92 Å². The van der Waals surface area contributed by atoms with E-state index in [1.54, 1.807) is 21.0 Å². The van der Waals surface area contributed by atoms with Gasteiger partial charge < -0.3 is 15.5 Å². The van der Waals surface area contributed by atoms with Crippen molar-refractivity contribution >= 4 is 11.8 Å². The fourth-order valence-electron chi connectivity index (χ4n) is 1.68. The van der Waals surface area contributed by atoms with Crippen LogP contribution in [0.15, 0.2) is 0 Å². The third-order valence-electron chi connectivity index (χ3n) is 2.63. The van der Waals surface area contributed by atoms with E-state index in [1.165, 1.54) is 4.90 Å². The second-order valence-electron chi connectivity index (χ2n) is 5.51. The van der Waals surface area contributed by atoms with Crippen LogP contribution in [0.5, 0.6) is 0 Å². The standard InChI is InChI=1S/C13H27N3O2/c1-8(2)11(14-9(3)4)12(17)15-10(5)13(18)16(6)7/h8-11,14H,1-7H3,(H,15,17)/t10-,11-/m0/s1. The normalized spacial score (nSPS) is 14.5. The molecule has 0 rings (SSSR count). The number of carbonyl (C=O) groups excluding carboxylic acids is 2. The van der Waals surface area contributed by atoms with Crippen LogP contribution in [0.4, 0.5) is 0 Å². The van der Waals surface area contributed by atoms with E-state index in [4.69, 9.17) is 0 Å². The minimum atomic E-state index is -0.497. The van der Waals surface area contributed by atoms with Crippen LogP contribution in [-0.4, -0.2) is 48.9 Å². The van der Waals surface area contributed by atoms with Crippen LogP contribution in [0.25, 0.3) is 0 Å². The molecule has 2 N–H and O–H groups in total. The predicted octanol–water partition coefficient (Wildman–Crippen LogP) is 0.602. The average molecular weight is 257 g/mol. The molecule has 0 saturated heterocycles. The first-order chi connectivity index (χ1) is 8.16. The lowest BCUT2D eigenvalue weighted by molar-refractivity contribution is -0.134. The smallest absolute Gasteiger partial charge is 0.244 e. The highest BCUT2D eigenvalue weighted by molar-refractivity contribution is 5.89. The minimum Gasteiger partial charge on any atom is -0.347 e. The van der Waals surface area contributed by atoms with Crippen molar-refractivity contribution in [2.75, 3.05) is 14.1 Å². The molecule has 0 aliphatic carbocycles. The van der Waals surface area contributed by atoms with Gasteiger partial charge in [-0.2, -0.15) is 0 Å². The number of carbonyl (C=O) groups is 2. The summed E-state index contributed by atoms with van der Waals surface area (Å²) in [6, 6.07) is -0.548. The number of amides is 2. The Morgan fingerprint density at radius 3 is 1.83 bits per heavy atom. The van der Waals surface area contributed by atoms with Gasteiger partial charge in [0.1, 0.15) is 6.04 Å². The summed E-state index contributed by atoms with van der Waals surface area (Å²) < 4.78 is 0. The number of hydrogen-bond donors (Lipinski definition) is 2. The highest BCUT2D eigenvalue weighted by Gasteiger charge is 2.26. The Morgan fingerprint density at radius 2 is 1.50 bits per heavy atom. The van der Waals surface area contributed by atoms with Crippen LogP contribution in [0.1, 0.15) is 34.6 Å². The van der Waals surface area contributed by atoms with Crippen LogP contribution in [-0.2, 0) is 9.59 Å². The Labute approximate surface area is 110 Å². The summed E-state index contributed by atoms with van der Waals surface area (Å²) in [4.78, 5) is 25.3. The Kier molecular flexibility index (Phi) is 6.91. The SMILES string of the molecule is CC(C)N[C@H](C(=O)N[C@@H](C)C(=O)N(C)C)C(C)C. The Morgan fingerprint density at radius 1 is 1.00 bits per heavy atom. The van der Waals surface area contributed by atoms with E-state index in [1.807, 2.05) is 27.7 Å². The van der Waals surface area contributed by atoms with Crippen LogP contribution in [0.2, 0.25) is 0 Å². The van der Waals surface area contributed by atoms with E-state index in [0.717, 1.165) is 0 Å². The van der Waals surface area contributed by atoms with Gasteiger partial charge in [0.25, 0.3) is 0 Å². The molecule has 0 heterocycles. The zero-order valence-electron chi connectivity index (χ0n) is 12.6. The Balaban J connectivity index is 4.56. The molecule has 0 aliphatic rings. The van der Waals surface area contributed by atoms with E-state index in [0.29, 0.717) is 0 Å². The number of nitrogens with zero attached hydrogens (tertiary/aromatic N) is 1. The molecule has 0 aromatic heterocycles. The number of hydrogen-bond acceptors (Lipinski definition) is 3. The lowest BCUT2D eigenvalue weighted by Crippen LogP contribution is -2.54. The van der Waals surface area contributed by atoms with E-state index in [-0.39, 0.29) is 29.8 Å². The lowest BCUT2D eigenvalue weighted by Gasteiger charge is -2.26. The molecule has 0 bridgehead atoms. The van der Waals surface area contributed by atoms with Crippen LogP contribution in [0, 0.1) is 5.92 Å². The van der Waals surface area contributed by atoms with E-state index < -0.39 is 6.04 Å². The van der Waals surface area contributed by atoms with E-state index >= 15 is 0 Å². The maximum absolute atomic E-state index is 12.1. The summed E-state index contributed by atoms with van der Waals surface area (Å²) in [6.07, 6.45) is 0. The maximum Gasteiger partial charge on any atom is 0.244 e. The molecule has 0 spiro atoms. The highest BCUT2D eigenvalue weighted by Crippen LogP contribution is 2.04. The Bertz CT molecular complexity index is 288. The zero-order valence-corrected chi connectivity index (χ0v) is 12.6. The molecule has 0 fully saturated rings. The van der Waals surface area contributed by atoms with Crippen LogP contribution < -0.4 is 10.6 Å². The second-order valence-corrected chi connectivity index (χ2v) is 5.51. The molecule has 5 nitrogen and oxygen atoms in total. The van der Waals surface area contributed by atoms with Gasteiger partial charge in [0.2, 0.25) is 11.8 Å². The minimum absolute atomic E-state index is 0.101. The summed E-state index contributed by atoms with van der Waals surface area (Å²) in [5.41, 5.74) is 0. The van der Waals surface area contributed by atoms with Crippen LogP contribution in [0.3, 0.4) is 0 Å². The van der Waals surface area contributed by atoms with Gasteiger partial charge >= 0.3 is 0 Å². The molecular weight excluding hydrogens is 230 g/mol. The van der Waals surface area contributed by atoms with Gasteiger partial charge in [-0.1, -0.05) is 27.7 Å². The van der Waals surface area contributed by atoms with E-state index in [2.05, 4.69) is 10.6 Å². The first-order valence-electron chi connectivity index (χ1n) is 6.44. The molecule has 0 saturated carbocycles. The van der Waals surface area contributed by atoms with E-state index in [9.17, 15) is 9.59 Å². The van der Waals surface area contributed by atoms with Crippen molar-refractivity contribution in [3.63, 3.8) is 0 Å². The number of likely N-dealkylation sites (N-methyl/N-ethyl adjacent to an activating group) is 1. The fourth-order valence-corrected chi connectivity index (χ4v) is 1.68. The number of rotatable bonds is 6. The molecule has 0 aromatic rings. The fraction of sp³-hybridized carbons (Fsp3) is 0.846. The molecule has 2 amide bonds. The van der Waals surface area contributed by atoms with Crippen molar-refractivity contribution in [3.8, 4) is 0 Å². The monoisotopic (exact) mass is 257 g/mol. The molecule has 2 atom stereocenters. The zero-order chi connectivity index (χ0) is 14.5. The summed E-state index contributed by atoms with van der Waals surface area (Å²) in [7, 11) is 3.36. The molecule has 0 aliphatic heterocycles. The van der Waals surface area contributed by atoms with Gasteiger partial charge in [-0.15, -0.1) is 0 Å². The third kappa shape index (κ3) is 5.49. The van der Waals surface area contributed by atoms with Crippen molar-refractivity contribution in [1.29, 1.82) is 0 Å². The van der Waals surface area contributed by atoms with Crippen LogP contribution >= 0.6 is 0 Å². The average Bonchev–Trinajstić information content (AvgIpc) is 2.23. The summed E-state index contributed by atoms with van der Waals surface area (Å²) >= 11 is 0. The van der Waals surface area contributed by atoms with Gasteiger partial charge in [-0.25, -0.2) is 0 Å².